The number of hydrogen-bond donors (Lipinski definition) is 1. The minimum atomic E-state index is 0. The lowest BCUT2D eigenvalue weighted by Gasteiger charge is -2.29. The molecule has 1 aromatic rings. The second kappa shape index (κ2) is 11.5. The van der Waals surface area contributed by atoms with Gasteiger partial charge in [0.15, 0.2) is 6.54 Å². The highest BCUT2D eigenvalue weighted by molar-refractivity contribution is 5.76. The first-order valence-corrected chi connectivity index (χ1v) is 9.07. The zero-order chi connectivity index (χ0) is 18.2. The van der Waals surface area contributed by atoms with Gasteiger partial charge in [-0.1, -0.05) is 32.9 Å². The predicted octanol–water partition coefficient (Wildman–Crippen LogP) is 0.494. The van der Waals surface area contributed by atoms with Crippen molar-refractivity contribution in [1.82, 2.24) is 5.32 Å². The van der Waals surface area contributed by atoms with Crippen molar-refractivity contribution in [2.75, 3.05) is 40.3 Å². The van der Waals surface area contributed by atoms with Gasteiger partial charge in [-0.15, -0.1) is 0 Å². The molecule has 144 valence electrons. The number of amides is 1. The van der Waals surface area contributed by atoms with E-state index in [-0.39, 0.29) is 22.9 Å². The van der Waals surface area contributed by atoms with Gasteiger partial charge in [0.25, 0.3) is 5.91 Å². The summed E-state index contributed by atoms with van der Waals surface area (Å²) >= 11 is 0. The first kappa shape index (κ1) is 23.9. The maximum Gasteiger partial charge on any atom is 0.275 e. The van der Waals surface area contributed by atoms with Crippen molar-refractivity contribution in [2.45, 2.75) is 46.5 Å². The summed E-state index contributed by atoms with van der Waals surface area (Å²) in [4.78, 5) is 11.9. The normalized spacial score (nSPS) is 11.2. The lowest BCUT2D eigenvalue weighted by Crippen LogP contribution is -3.00. The molecule has 1 amide bonds. The highest BCUT2D eigenvalue weighted by Gasteiger charge is 2.19. The van der Waals surface area contributed by atoms with E-state index in [9.17, 15) is 4.79 Å². The molecule has 0 atom stereocenters. The summed E-state index contributed by atoms with van der Waals surface area (Å²) in [6.45, 7) is 11.4. The fourth-order valence-electron chi connectivity index (χ4n) is 2.59. The molecular weight excluding hydrogens is 380 g/mol. The van der Waals surface area contributed by atoms with Gasteiger partial charge >= 0.3 is 0 Å². The molecule has 0 bridgehead atoms. The number of carbonyl (C=O) groups is 1. The minimum Gasteiger partial charge on any atom is -1.00 e. The molecule has 0 aromatic heterocycles. The van der Waals surface area contributed by atoms with E-state index in [0.29, 0.717) is 23.6 Å². The van der Waals surface area contributed by atoms with Crippen molar-refractivity contribution >= 4 is 5.91 Å². The summed E-state index contributed by atoms with van der Waals surface area (Å²) in [5.74, 6) is 1.61. The minimum absolute atomic E-state index is 0. The molecule has 4 nitrogen and oxygen atoms in total. The number of nitrogens with zero attached hydrogens (tertiary/aromatic N) is 1. The van der Waals surface area contributed by atoms with Crippen LogP contribution < -0.4 is 27.0 Å². The SMILES string of the molecule is CCCNC(=O)C[N+](C)(C)CCCOc1cc(C(C)C)ccc1C.[Br-]. The molecule has 0 fully saturated rings. The topological polar surface area (TPSA) is 38.3 Å². The lowest BCUT2D eigenvalue weighted by atomic mass is 10.0. The van der Waals surface area contributed by atoms with Crippen LogP contribution >= 0.6 is 0 Å². The van der Waals surface area contributed by atoms with Crippen molar-refractivity contribution < 1.29 is 31.0 Å². The lowest BCUT2D eigenvalue weighted by molar-refractivity contribution is -0.882. The fraction of sp³-hybridized carbons (Fsp3) is 0.650. The zero-order valence-corrected chi connectivity index (χ0v) is 18.3. The van der Waals surface area contributed by atoms with Crippen LogP contribution in [0.1, 0.15) is 50.7 Å². The number of hydrogen-bond acceptors (Lipinski definition) is 2. The molecule has 0 saturated carbocycles. The Bertz CT molecular complexity index is 530. The van der Waals surface area contributed by atoms with Gasteiger partial charge in [0, 0.05) is 13.0 Å². The number of carbonyl (C=O) groups excluding carboxylic acids is 1. The molecule has 1 aromatic carbocycles. The number of ether oxygens (including phenoxy) is 1. The molecule has 5 heteroatoms. The Morgan fingerprint density at radius 2 is 1.96 bits per heavy atom. The average molecular weight is 415 g/mol. The molecule has 0 aliphatic rings. The van der Waals surface area contributed by atoms with Crippen molar-refractivity contribution in [1.29, 1.82) is 0 Å². The second-order valence-corrected chi connectivity index (χ2v) is 7.55. The van der Waals surface area contributed by atoms with E-state index in [2.05, 4.69) is 65.3 Å². The van der Waals surface area contributed by atoms with E-state index in [4.69, 9.17) is 4.74 Å². The van der Waals surface area contributed by atoms with Gasteiger partial charge in [-0.3, -0.25) is 4.79 Å². The van der Waals surface area contributed by atoms with Crippen LogP contribution in [0.25, 0.3) is 0 Å². The second-order valence-electron chi connectivity index (χ2n) is 7.55. The van der Waals surface area contributed by atoms with E-state index in [1.807, 2.05) is 0 Å². The van der Waals surface area contributed by atoms with Gasteiger partial charge in [-0.2, -0.15) is 0 Å². The molecular formula is C20H35BrN2O2. The Morgan fingerprint density at radius 3 is 2.56 bits per heavy atom. The van der Waals surface area contributed by atoms with Crippen LogP contribution in [0, 0.1) is 6.92 Å². The molecule has 0 saturated heterocycles. The van der Waals surface area contributed by atoms with Gasteiger partial charge in [0.2, 0.25) is 0 Å². The first-order chi connectivity index (χ1) is 11.2. The van der Waals surface area contributed by atoms with Crippen LogP contribution in [0.5, 0.6) is 5.75 Å². The summed E-state index contributed by atoms with van der Waals surface area (Å²) in [6.07, 6.45) is 1.90. The molecule has 25 heavy (non-hydrogen) atoms. The van der Waals surface area contributed by atoms with Gasteiger partial charge in [-0.05, 0) is 36.5 Å². The van der Waals surface area contributed by atoms with E-state index >= 15 is 0 Å². The van der Waals surface area contributed by atoms with Gasteiger partial charge < -0.3 is 31.5 Å². The Balaban J connectivity index is 0.00000576. The van der Waals surface area contributed by atoms with Gasteiger partial charge in [-0.25, -0.2) is 0 Å². The summed E-state index contributed by atoms with van der Waals surface area (Å²) in [5, 5.41) is 2.94. The first-order valence-electron chi connectivity index (χ1n) is 9.07. The van der Waals surface area contributed by atoms with Crippen LogP contribution in [0.2, 0.25) is 0 Å². The smallest absolute Gasteiger partial charge is 0.275 e. The third-order valence-corrected chi connectivity index (χ3v) is 4.19. The number of halogens is 1. The molecule has 0 spiro atoms. The van der Waals surface area contributed by atoms with Gasteiger partial charge in [0.1, 0.15) is 5.75 Å². The van der Waals surface area contributed by atoms with E-state index in [1.54, 1.807) is 0 Å². The van der Waals surface area contributed by atoms with Crippen molar-refractivity contribution in [3.63, 3.8) is 0 Å². The highest BCUT2D eigenvalue weighted by Crippen LogP contribution is 2.24. The van der Waals surface area contributed by atoms with Crippen LogP contribution in [-0.2, 0) is 4.79 Å². The summed E-state index contributed by atoms with van der Waals surface area (Å²) in [7, 11) is 4.19. The van der Waals surface area contributed by atoms with Crippen molar-refractivity contribution in [3.8, 4) is 5.75 Å². The molecule has 0 aliphatic heterocycles. The highest BCUT2D eigenvalue weighted by atomic mass is 79.9. The van der Waals surface area contributed by atoms with Gasteiger partial charge in [0.05, 0.1) is 27.2 Å². The van der Waals surface area contributed by atoms with E-state index in [0.717, 1.165) is 31.7 Å². The maximum atomic E-state index is 11.9. The Hall–Kier alpha value is -1.07. The number of rotatable bonds is 10. The molecule has 1 N–H and O–H groups in total. The monoisotopic (exact) mass is 414 g/mol. The average Bonchev–Trinajstić information content (AvgIpc) is 2.50. The van der Waals surface area contributed by atoms with E-state index < -0.39 is 0 Å². The zero-order valence-electron chi connectivity index (χ0n) is 16.7. The standard InChI is InChI=1S/C20H34N2O2.BrH/c1-7-11-21-20(23)15-22(5,6)12-8-13-24-19-14-18(16(2)3)10-9-17(19)4;/h9-10,14,16H,7-8,11-13,15H2,1-6H3;1H. The number of benzene rings is 1. The predicted molar refractivity (Wildman–Crippen MR) is 101 cm³/mol. The Kier molecular flexibility index (Phi) is 11.0. The number of quaternary nitrogens is 1. The molecule has 0 radical (unpaired) electrons. The Labute approximate surface area is 164 Å². The van der Waals surface area contributed by atoms with Crippen LogP contribution in [0.3, 0.4) is 0 Å². The van der Waals surface area contributed by atoms with Crippen LogP contribution in [0.15, 0.2) is 18.2 Å². The maximum absolute atomic E-state index is 11.9. The third kappa shape index (κ3) is 9.26. The number of nitrogens with one attached hydrogen (secondary N) is 1. The van der Waals surface area contributed by atoms with Crippen molar-refractivity contribution in [3.05, 3.63) is 29.3 Å². The van der Waals surface area contributed by atoms with Crippen LogP contribution in [0.4, 0.5) is 0 Å². The Morgan fingerprint density at radius 1 is 1.28 bits per heavy atom. The molecule has 0 aliphatic carbocycles. The largest absolute Gasteiger partial charge is 1.00 e. The number of likely N-dealkylation sites (N-methyl/N-ethyl adjacent to an activating group) is 1. The number of aryl methyl sites for hydroxylation is 1. The van der Waals surface area contributed by atoms with Crippen LogP contribution in [-0.4, -0.2) is 50.7 Å². The fourth-order valence-corrected chi connectivity index (χ4v) is 2.59. The molecule has 0 unspecified atom stereocenters. The summed E-state index contributed by atoms with van der Waals surface area (Å²) in [6, 6.07) is 6.45. The van der Waals surface area contributed by atoms with E-state index in [1.165, 1.54) is 11.1 Å². The molecule has 1 rings (SSSR count). The molecule has 0 heterocycles. The summed E-state index contributed by atoms with van der Waals surface area (Å²) in [5.41, 5.74) is 2.48. The van der Waals surface area contributed by atoms with Crippen molar-refractivity contribution in [2.24, 2.45) is 0 Å². The quantitative estimate of drug-likeness (QED) is 0.447. The summed E-state index contributed by atoms with van der Waals surface area (Å²) < 4.78 is 6.67. The third-order valence-electron chi connectivity index (χ3n) is 4.19.